The summed E-state index contributed by atoms with van der Waals surface area (Å²) >= 11 is 0. The van der Waals surface area contributed by atoms with E-state index in [9.17, 15) is 18.0 Å². The summed E-state index contributed by atoms with van der Waals surface area (Å²) in [5.74, 6) is 0.726. The zero-order valence-electron chi connectivity index (χ0n) is 17.8. The molecule has 1 aliphatic heterocycles. The zero-order valence-corrected chi connectivity index (χ0v) is 17.8. The van der Waals surface area contributed by atoms with Gasteiger partial charge in [0.05, 0.1) is 24.2 Å². The number of fused-ring (bicyclic) bond motifs is 1. The molecule has 6 nitrogen and oxygen atoms in total. The first kappa shape index (κ1) is 23.0. The van der Waals surface area contributed by atoms with Crippen LogP contribution in [0.15, 0.2) is 36.0 Å². The third-order valence-electron chi connectivity index (χ3n) is 4.94. The van der Waals surface area contributed by atoms with Gasteiger partial charge in [0.2, 0.25) is 6.41 Å². The summed E-state index contributed by atoms with van der Waals surface area (Å²) in [5, 5.41) is 0. The number of allylic oxidation sites excluding steroid dienone is 3. The van der Waals surface area contributed by atoms with E-state index in [2.05, 4.69) is 4.74 Å². The van der Waals surface area contributed by atoms with Gasteiger partial charge in [0.25, 0.3) is 0 Å². The fraction of sp³-hybridized carbons (Fsp3) is 0.455. The van der Waals surface area contributed by atoms with Gasteiger partial charge < -0.3 is 14.2 Å². The van der Waals surface area contributed by atoms with Crippen molar-refractivity contribution < 1.29 is 27.4 Å². The summed E-state index contributed by atoms with van der Waals surface area (Å²) < 4.78 is 48.9. The molecule has 0 radical (unpaired) electrons. The maximum Gasteiger partial charge on any atom is 0.522 e. The van der Waals surface area contributed by atoms with E-state index in [4.69, 9.17) is 9.72 Å². The van der Waals surface area contributed by atoms with E-state index in [1.54, 1.807) is 17.8 Å². The summed E-state index contributed by atoms with van der Waals surface area (Å²) in [5.41, 5.74) is 4.09. The maximum absolute atomic E-state index is 12.5. The fourth-order valence-corrected chi connectivity index (χ4v) is 3.61. The maximum atomic E-state index is 12.5. The number of ether oxygens (including phenoxy) is 2. The van der Waals surface area contributed by atoms with Crippen LogP contribution in [0.25, 0.3) is 16.6 Å². The van der Waals surface area contributed by atoms with Crippen LogP contribution >= 0.6 is 0 Å². The fourth-order valence-electron chi connectivity index (χ4n) is 3.61. The average Bonchev–Trinajstić information content (AvgIpc) is 3.33. The largest absolute Gasteiger partial charge is 0.522 e. The first-order chi connectivity index (χ1) is 14.7. The van der Waals surface area contributed by atoms with Gasteiger partial charge in [0.1, 0.15) is 5.82 Å². The minimum atomic E-state index is -4.68. The van der Waals surface area contributed by atoms with Gasteiger partial charge in [0, 0.05) is 32.3 Å². The number of carbonyl (C=O) groups excluding carboxylic acids is 1. The molecule has 0 aliphatic carbocycles. The van der Waals surface area contributed by atoms with Crippen molar-refractivity contribution in [3.05, 3.63) is 47.4 Å². The highest BCUT2D eigenvalue weighted by molar-refractivity contribution is 5.84. The molecular weight excluding hydrogens is 411 g/mol. The van der Waals surface area contributed by atoms with Crippen molar-refractivity contribution in [1.29, 1.82) is 0 Å². The molecule has 31 heavy (non-hydrogen) atoms. The first-order valence-electron chi connectivity index (χ1n) is 10.0. The van der Waals surface area contributed by atoms with Crippen LogP contribution in [-0.4, -0.2) is 54.1 Å². The van der Waals surface area contributed by atoms with Crippen LogP contribution in [0.5, 0.6) is 0 Å². The minimum Gasteiger partial charge on any atom is -0.381 e. The molecule has 1 aliphatic rings. The second-order valence-corrected chi connectivity index (χ2v) is 7.76. The van der Waals surface area contributed by atoms with Crippen molar-refractivity contribution in [1.82, 2.24) is 14.5 Å². The smallest absolute Gasteiger partial charge is 0.381 e. The molecular formula is C22H26F3N3O3. The lowest BCUT2D eigenvalue weighted by molar-refractivity contribution is -0.325. The Balaban J connectivity index is 2.06. The molecule has 9 heteroatoms. The van der Waals surface area contributed by atoms with E-state index in [1.807, 2.05) is 38.1 Å². The van der Waals surface area contributed by atoms with E-state index >= 15 is 0 Å². The topological polar surface area (TPSA) is 56.6 Å². The monoisotopic (exact) mass is 437 g/mol. The van der Waals surface area contributed by atoms with Crippen LogP contribution in [0.2, 0.25) is 0 Å². The van der Waals surface area contributed by atoms with Gasteiger partial charge in [-0.25, -0.2) is 4.98 Å². The quantitative estimate of drug-likeness (QED) is 0.452. The van der Waals surface area contributed by atoms with Crippen molar-refractivity contribution in [3.63, 3.8) is 0 Å². The van der Waals surface area contributed by atoms with Crippen LogP contribution in [0.3, 0.4) is 0 Å². The molecule has 1 fully saturated rings. The van der Waals surface area contributed by atoms with Gasteiger partial charge in [0.15, 0.2) is 0 Å². The van der Waals surface area contributed by atoms with Crippen molar-refractivity contribution >= 4 is 23.0 Å². The Morgan fingerprint density at radius 1 is 1.39 bits per heavy atom. The molecule has 2 aromatic rings. The first-order valence-corrected chi connectivity index (χ1v) is 10.0. The second kappa shape index (κ2) is 9.65. The highest BCUT2D eigenvalue weighted by atomic mass is 19.4. The lowest BCUT2D eigenvalue weighted by atomic mass is 10.0. The summed E-state index contributed by atoms with van der Waals surface area (Å²) in [7, 11) is 1.64. The predicted molar refractivity (Wildman–Crippen MR) is 111 cm³/mol. The third kappa shape index (κ3) is 5.95. The van der Waals surface area contributed by atoms with E-state index in [0.717, 1.165) is 23.1 Å². The normalized spacial score (nSPS) is 17.2. The van der Waals surface area contributed by atoms with Gasteiger partial charge in [-0.3, -0.25) is 9.53 Å². The average molecular weight is 437 g/mol. The number of imidazole rings is 1. The predicted octanol–water partition coefficient (Wildman–Crippen LogP) is 4.47. The lowest BCUT2D eigenvalue weighted by Crippen LogP contribution is -2.19. The number of hydrogen-bond acceptors (Lipinski definition) is 4. The molecule has 1 unspecified atom stereocenters. The standard InChI is InChI=1S/C22H26F3N3O3/c1-15(2)10-18(12-27(3)14-29)16-4-5-19-20(11-16)28(7-9-31-22(23,24)25)21(26-19)17-6-8-30-13-17/h4-5,10-12,14,17H,6-9,13H2,1-3H3/b18-12+. The molecule has 0 N–H and O–H groups in total. The molecule has 168 valence electrons. The van der Waals surface area contributed by atoms with Crippen molar-refractivity contribution in [2.75, 3.05) is 26.9 Å². The zero-order chi connectivity index (χ0) is 22.6. The summed E-state index contributed by atoms with van der Waals surface area (Å²) in [6.07, 6.45) is 0.440. The third-order valence-corrected chi connectivity index (χ3v) is 4.94. The minimum absolute atomic E-state index is 0.0151. The highest BCUT2D eigenvalue weighted by Crippen LogP contribution is 2.30. The number of amides is 1. The molecule has 1 aromatic heterocycles. The number of rotatable bonds is 8. The number of nitrogens with zero attached hydrogens (tertiary/aromatic N) is 3. The number of aromatic nitrogens is 2. The van der Waals surface area contributed by atoms with E-state index in [0.29, 0.717) is 36.5 Å². The van der Waals surface area contributed by atoms with Gasteiger partial charge in [-0.15, -0.1) is 13.2 Å². The highest BCUT2D eigenvalue weighted by Gasteiger charge is 2.30. The number of benzene rings is 1. The summed E-state index contributed by atoms with van der Waals surface area (Å²) in [6.45, 7) is 4.49. The van der Waals surface area contributed by atoms with Crippen LogP contribution in [0.4, 0.5) is 13.2 Å². The van der Waals surface area contributed by atoms with E-state index in [-0.39, 0.29) is 12.5 Å². The Bertz CT molecular complexity index is 985. The molecule has 1 saturated heterocycles. The second-order valence-electron chi connectivity index (χ2n) is 7.76. The molecule has 0 bridgehead atoms. The Kier molecular flexibility index (Phi) is 7.17. The molecule has 3 rings (SSSR count). The Labute approximate surface area is 178 Å². The van der Waals surface area contributed by atoms with E-state index < -0.39 is 13.0 Å². The van der Waals surface area contributed by atoms with E-state index in [1.165, 1.54) is 4.90 Å². The molecule has 0 saturated carbocycles. The Morgan fingerprint density at radius 2 is 2.16 bits per heavy atom. The molecule has 2 heterocycles. The Hall–Kier alpha value is -2.65. The van der Waals surface area contributed by atoms with Crippen LogP contribution in [-0.2, 0) is 20.8 Å². The lowest BCUT2D eigenvalue weighted by Gasteiger charge is -2.14. The SMILES string of the molecule is CC(C)=C/C(=C\N(C)C=O)c1ccc2nc(C3CCOC3)n(CCOC(F)(F)F)c2c1. The molecule has 0 spiro atoms. The molecule has 1 aromatic carbocycles. The van der Waals surface area contributed by atoms with Crippen molar-refractivity contribution in [2.24, 2.45) is 0 Å². The number of alkyl halides is 3. The summed E-state index contributed by atoms with van der Waals surface area (Å²) in [6, 6.07) is 5.63. The van der Waals surface area contributed by atoms with Gasteiger partial charge >= 0.3 is 6.36 Å². The van der Waals surface area contributed by atoms with Gasteiger partial charge in [-0.05, 0) is 43.5 Å². The number of hydrogen-bond donors (Lipinski definition) is 0. The molecule has 1 atom stereocenters. The van der Waals surface area contributed by atoms with Crippen LogP contribution in [0, 0.1) is 0 Å². The van der Waals surface area contributed by atoms with Crippen molar-refractivity contribution in [2.45, 2.75) is 39.1 Å². The van der Waals surface area contributed by atoms with Gasteiger partial charge in [-0.2, -0.15) is 0 Å². The van der Waals surface area contributed by atoms with Crippen LogP contribution in [0.1, 0.15) is 37.6 Å². The Morgan fingerprint density at radius 3 is 2.77 bits per heavy atom. The summed E-state index contributed by atoms with van der Waals surface area (Å²) in [4.78, 5) is 17.2. The van der Waals surface area contributed by atoms with Crippen molar-refractivity contribution in [3.8, 4) is 0 Å². The van der Waals surface area contributed by atoms with Gasteiger partial charge in [-0.1, -0.05) is 17.7 Å². The number of halogens is 3. The number of carbonyl (C=O) groups is 1. The molecule has 1 amide bonds. The van der Waals surface area contributed by atoms with Crippen LogP contribution < -0.4 is 0 Å².